The van der Waals surface area contributed by atoms with Gasteiger partial charge in [0.25, 0.3) is 0 Å². The van der Waals surface area contributed by atoms with Crippen LogP contribution in [0.5, 0.6) is 0 Å². The number of hydrogen-bond donors (Lipinski definition) is 0. The van der Waals surface area contributed by atoms with Gasteiger partial charge in [0.05, 0.1) is 6.10 Å². The number of rotatable bonds is 15. The fraction of sp³-hybridized carbons (Fsp3) is 0.462. The molecule has 0 spiro atoms. The summed E-state index contributed by atoms with van der Waals surface area (Å²) in [6.07, 6.45) is 30.8. The van der Waals surface area contributed by atoms with Gasteiger partial charge < -0.3 is 9.47 Å². The third kappa shape index (κ3) is 21.7. The topological polar surface area (TPSA) is 52.6 Å². The van der Waals surface area contributed by atoms with Crippen molar-refractivity contribution in [2.75, 3.05) is 0 Å². The van der Waals surface area contributed by atoms with Gasteiger partial charge in [0, 0.05) is 6.42 Å². The molecule has 0 saturated heterocycles. The average Bonchev–Trinajstić information content (AvgIpc) is 2.69. The molecule has 0 aliphatic rings. The second-order valence-corrected chi connectivity index (χ2v) is 6.84. The van der Waals surface area contributed by atoms with E-state index in [4.69, 9.17) is 4.74 Å². The van der Waals surface area contributed by atoms with Crippen molar-refractivity contribution in [2.24, 2.45) is 0 Å². The van der Waals surface area contributed by atoms with Gasteiger partial charge in [-0.1, -0.05) is 79.8 Å². The largest absolute Gasteiger partial charge is 0.516 e. The quantitative estimate of drug-likeness (QED) is 0.158. The lowest BCUT2D eigenvalue weighted by Gasteiger charge is -2.06. The molecule has 0 heterocycles. The zero-order chi connectivity index (χ0) is 22.3. The van der Waals surface area contributed by atoms with Crippen LogP contribution in [-0.2, 0) is 14.3 Å². The molecule has 0 aliphatic carbocycles. The summed E-state index contributed by atoms with van der Waals surface area (Å²) in [6, 6.07) is 0. The van der Waals surface area contributed by atoms with Crippen LogP contribution >= 0.6 is 0 Å². The first-order valence-corrected chi connectivity index (χ1v) is 10.9. The number of carbonyl (C=O) groups is 2. The van der Waals surface area contributed by atoms with Gasteiger partial charge in [0.1, 0.15) is 0 Å². The zero-order valence-electron chi connectivity index (χ0n) is 18.8. The Morgan fingerprint density at radius 1 is 0.667 bits per heavy atom. The molecule has 4 heteroatoms. The Bertz CT molecular complexity index is 619. The number of hydrogen-bond acceptors (Lipinski definition) is 4. The Balaban J connectivity index is 3.65. The van der Waals surface area contributed by atoms with Gasteiger partial charge in [-0.15, -0.1) is 0 Å². The maximum atomic E-state index is 11.4. The van der Waals surface area contributed by atoms with Gasteiger partial charge in [-0.25, -0.2) is 4.79 Å². The maximum absolute atomic E-state index is 11.4. The van der Waals surface area contributed by atoms with E-state index in [0.717, 1.165) is 38.5 Å². The molecule has 0 radical (unpaired) electrons. The van der Waals surface area contributed by atoms with Gasteiger partial charge in [-0.3, -0.25) is 4.79 Å². The van der Waals surface area contributed by atoms with Crippen LogP contribution in [0.3, 0.4) is 0 Å². The van der Waals surface area contributed by atoms with Crippen molar-refractivity contribution in [1.29, 1.82) is 0 Å². The van der Waals surface area contributed by atoms with E-state index in [1.54, 1.807) is 13.8 Å². The van der Waals surface area contributed by atoms with Crippen molar-refractivity contribution >= 4 is 12.1 Å². The predicted molar refractivity (Wildman–Crippen MR) is 125 cm³/mol. The minimum absolute atomic E-state index is 0.162. The molecule has 4 nitrogen and oxygen atoms in total. The fourth-order valence-electron chi connectivity index (χ4n) is 2.20. The Labute approximate surface area is 182 Å². The number of ether oxygens (including phenoxy) is 2. The second-order valence-electron chi connectivity index (χ2n) is 6.84. The van der Waals surface area contributed by atoms with Crippen LogP contribution in [0.1, 0.15) is 72.1 Å². The molecule has 0 amide bonds. The third-order valence-electron chi connectivity index (χ3n) is 3.64. The van der Waals surface area contributed by atoms with E-state index < -0.39 is 12.1 Å². The first kappa shape index (κ1) is 27.4. The third-order valence-corrected chi connectivity index (χ3v) is 3.64. The van der Waals surface area contributed by atoms with Crippen LogP contribution in [0.2, 0.25) is 0 Å². The molecule has 30 heavy (non-hydrogen) atoms. The molecule has 0 saturated carbocycles. The van der Waals surface area contributed by atoms with Crippen LogP contribution in [0.15, 0.2) is 72.9 Å². The molecule has 0 aromatic carbocycles. The molecule has 0 aromatic heterocycles. The molecule has 0 N–H and O–H groups in total. The number of allylic oxidation sites excluding steroid dienone is 12. The first-order chi connectivity index (χ1) is 14.6. The smallest absolute Gasteiger partial charge is 0.431 e. The summed E-state index contributed by atoms with van der Waals surface area (Å²) < 4.78 is 9.27. The van der Waals surface area contributed by atoms with Crippen LogP contribution < -0.4 is 0 Å². The molecule has 0 rings (SSSR count). The lowest BCUT2D eigenvalue weighted by atomic mass is 10.2. The second kappa shape index (κ2) is 21.1. The van der Waals surface area contributed by atoms with Crippen molar-refractivity contribution in [3.63, 3.8) is 0 Å². The zero-order valence-corrected chi connectivity index (χ0v) is 18.8. The van der Waals surface area contributed by atoms with Crippen molar-refractivity contribution in [2.45, 2.75) is 78.2 Å². The molecule has 0 aliphatic heterocycles. The van der Waals surface area contributed by atoms with Crippen LogP contribution in [0, 0.1) is 0 Å². The van der Waals surface area contributed by atoms with Gasteiger partial charge in [0.2, 0.25) is 0 Å². The highest BCUT2D eigenvalue weighted by Crippen LogP contribution is 2.00. The van der Waals surface area contributed by atoms with Crippen LogP contribution in [0.4, 0.5) is 4.79 Å². The summed E-state index contributed by atoms with van der Waals surface area (Å²) in [5.41, 5.74) is 0. The van der Waals surface area contributed by atoms with Crippen molar-refractivity contribution in [3.8, 4) is 0 Å². The van der Waals surface area contributed by atoms with Crippen LogP contribution in [0.25, 0.3) is 0 Å². The van der Waals surface area contributed by atoms with E-state index >= 15 is 0 Å². The highest BCUT2D eigenvalue weighted by Gasteiger charge is 2.11. The molecule has 0 bridgehead atoms. The number of esters is 1. The Morgan fingerprint density at radius 3 is 1.47 bits per heavy atom. The molecule has 0 fully saturated rings. The Morgan fingerprint density at radius 2 is 1.07 bits per heavy atom. The average molecular weight is 415 g/mol. The van der Waals surface area contributed by atoms with Gasteiger partial charge >= 0.3 is 12.1 Å². The fourth-order valence-corrected chi connectivity index (χ4v) is 2.20. The van der Waals surface area contributed by atoms with E-state index in [1.165, 1.54) is 0 Å². The minimum Gasteiger partial charge on any atom is -0.431 e. The lowest BCUT2D eigenvalue weighted by molar-refractivity contribution is -0.140. The maximum Gasteiger partial charge on any atom is 0.516 e. The van der Waals surface area contributed by atoms with E-state index in [-0.39, 0.29) is 12.5 Å². The number of carbonyl (C=O) groups excluding carboxylic acids is 2. The first-order valence-electron chi connectivity index (χ1n) is 10.9. The van der Waals surface area contributed by atoms with Gasteiger partial charge in [0.15, 0.2) is 0 Å². The normalized spacial score (nSPS) is 12.7. The summed E-state index contributed by atoms with van der Waals surface area (Å²) >= 11 is 0. The molecule has 0 unspecified atom stereocenters. The molecular formula is C26H38O4. The van der Waals surface area contributed by atoms with Gasteiger partial charge in [-0.05, 0) is 58.8 Å². The highest BCUT2D eigenvalue weighted by atomic mass is 16.7. The monoisotopic (exact) mass is 414 g/mol. The van der Waals surface area contributed by atoms with E-state index in [9.17, 15) is 9.59 Å². The van der Waals surface area contributed by atoms with Crippen molar-refractivity contribution in [1.82, 2.24) is 0 Å². The van der Waals surface area contributed by atoms with E-state index in [1.807, 2.05) is 12.2 Å². The summed E-state index contributed by atoms with van der Waals surface area (Å²) in [5.74, 6) is -0.569. The van der Waals surface area contributed by atoms with E-state index in [2.05, 4.69) is 72.4 Å². The Hall–Kier alpha value is -2.62. The summed E-state index contributed by atoms with van der Waals surface area (Å²) in [4.78, 5) is 22.6. The van der Waals surface area contributed by atoms with E-state index in [0.29, 0.717) is 6.42 Å². The van der Waals surface area contributed by atoms with Crippen molar-refractivity contribution < 1.29 is 19.1 Å². The SMILES string of the molecule is CC/C=C\C/C=C\C/C=C\C/C=C\C/C=C\C/C=C\CCC(=O)OC(=O)OC(C)C. The minimum atomic E-state index is -0.933. The predicted octanol–water partition coefficient (Wildman–Crippen LogP) is 7.55. The molecule has 166 valence electrons. The Kier molecular flexibility index (Phi) is 19.3. The summed E-state index contributed by atoms with van der Waals surface area (Å²) in [7, 11) is 0. The standard InChI is InChI=1S/C26H38O4/c1-4-5-6-7-8-9-10-11-12-13-14-15-16-17-18-19-20-21-22-23-25(27)30-26(28)29-24(2)3/h5-6,8-9,11-12,14-15,17-18,20-21,24H,4,7,10,13,16,19,22-23H2,1-3H3/b6-5-,9-8-,12-11-,15-14-,18-17-,21-20-. The van der Waals surface area contributed by atoms with Crippen LogP contribution in [-0.4, -0.2) is 18.2 Å². The van der Waals surface area contributed by atoms with Gasteiger partial charge in [-0.2, -0.15) is 0 Å². The summed E-state index contributed by atoms with van der Waals surface area (Å²) in [5, 5.41) is 0. The highest BCUT2D eigenvalue weighted by molar-refractivity contribution is 5.81. The molecular weight excluding hydrogens is 376 g/mol. The molecule has 0 atom stereocenters. The lowest BCUT2D eigenvalue weighted by Crippen LogP contribution is -2.17. The van der Waals surface area contributed by atoms with Crippen molar-refractivity contribution in [3.05, 3.63) is 72.9 Å². The summed E-state index contributed by atoms with van der Waals surface area (Å²) in [6.45, 7) is 5.54. The molecule has 0 aromatic rings.